The lowest BCUT2D eigenvalue weighted by Crippen LogP contribution is -2.37. The molecular formula is C15H23FN2O2S. The van der Waals surface area contributed by atoms with Crippen LogP contribution in [0, 0.1) is 11.2 Å². The highest BCUT2D eigenvalue weighted by Crippen LogP contribution is 2.35. The number of nitrogens with two attached hydrogens (primary N) is 1. The van der Waals surface area contributed by atoms with E-state index in [0.717, 1.165) is 25.7 Å². The van der Waals surface area contributed by atoms with E-state index in [1.807, 2.05) is 0 Å². The van der Waals surface area contributed by atoms with Gasteiger partial charge in [0.25, 0.3) is 0 Å². The summed E-state index contributed by atoms with van der Waals surface area (Å²) in [4.78, 5) is -0.0515. The fourth-order valence-corrected chi connectivity index (χ4v) is 4.37. The highest BCUT2D eigenvalue weighted by molar-refractivity contribution is 7.89. The van der Waals surface area contributed by atoms with Gasteiger partial charge in [0.15, 0.2) is 0 Å². The normalized spacial score (nSPS) is 18.6. The zero-order chi connectivity index (χ0) is 15.5. The Hall–Kier alpha value is -0.980. The van der Waals surface area contributed by atoms with E-state index < -0.39 is 15.8 Å². The van der Waals surface area contributed by atoms with Crippen LogP contribution in [0.3, 0.4) is 0 Å². The van der Waals surface area contributed by atoms with Crippen LogP contribution in [0.25, 0.3) is 0 Å². The van der Waals surface area contributed by atoms with Gasteiger partial charge < -0.3 is 5.73 Å². The zero-order valence-electron chi connectivity index (χ0n) is 12.4. The van der Waals surface area contributed by atoms with Crippen molar-refractivity contribution in [3.8, 4) is 0 Å². The van der Waals surface area contributed by atoms with Gasteiger partial charge in [-0.05, 0) is 30.4 Å². The molecule has 0 saturated heterocycles. The standard InChI is InChI=1S/C15H23FN2O2S/c1-15(8-3-2-4-9-15)11-18-21(19,20)14-7-5-6-13(16)12(14)10-17/h5-7,18H,2-4,8-11,17H2,1H3. The molecule has 6 heteroatoms. The van der Waals surface area contributed by atoms with E-state index in [0.29, 0.717) is 6.54 Å². The molecule has 3 N–H and O–H groups in total. The number of hydrogen-bond acceptors (Lipinski definition) is 3. The first-order chi connectivity index (χ1) is 9.88. The van der Waals surface area contributed by atoms with Gasteiger partial charge in [-0.3, -0.25) is 0 Å². The lowest BCUT2D eigenvalue weighted by molar-refractivity contribution is 0.219. The summed E-state index contributed by atoms with van der Waals surface area (Å²) in [6.45, 7) is 2.35. The summed E-state index contributed by atoms with van der Waals surface area (Å²) in [7, 11) is -3.73. The molecule has 1 saturated carbocycles. The van der Waals surface area contributed by atoms with Crippen LogP contribution in [0.15, 0.2) is 23.1 Å². The summed E-state index contributed by atoms with van der Waals surface area (Å²) >= 11 is 0. The number of rotatable bonds is 5. The maximum atomic E-state index is 13.7. The summed E-state index contributed by atoms with van der Waals surface area (Å²) < 4.78 is 41.1. The van der Waals surface area contributed by atoms with E-state index in [-0.39, 0.29) is 22.4 Å². The first-order valence-corrected chi connectivity index (χ1v) is 8.83. The van der Waals surface area contributed by atoms with Crippen molar-refractivity contribution in [2.75, 3.05) is 6.54 Å². The van der Waals surface area contributed by atoms with Gasteiger partial charge in [0.1, 0.15) is 5.82 Å². The van der Waals surface area contributed by atoms with E-state index in [9.17, 15) is 12.8 Å². The molecule has 0 aliphatic heterocycles. The molecule has 118 valence electrons. The second kappa shape index (κ2) is 6.42. The van der Waals surface area contributed by atoms with Crippen LogP contribution in [0.5, 0.6) is 0 Å². The zero-order valence-corrected chi connectivity index (χ0v) is 13.2. The average molecular weight is 314 g/mol. The quantitative estimate of drug-likeness (QED) is 0.877. The molecule has 0 bridgehead atoms. The molecule has 1 aromatic carbocycles. The minimum absolute atomic E-state index is 0.0124. The third-order valence-electron chi connectivity index (χ3n) is 4.32. The van der Waals surface area contributed by atoms with Gasteiger partial charge in [-0.2, -0.15) is 0 Å². The molecule has 2 rings (SSSR count). The Morgan fingerprint density at radius 1 is 1.29 bits per heavy atom. The minimum Gasteiger partial charge on any atom is -0.326 e. The molecule has 1 aliphatic carbocycles. The fourth-order valence-electron chi connectivity index (χ4n) is 2.92. The van der Waals surface area contributed by atoms with Crippen molar-refractivity contribution < 1.29 is 12.8 Å². The summed E-state index contributed by atoms with van der Waals surface area (Å²) in [6, 6.07) is 4.02. The van der Waals surface area contributed by atoms with Gasteiger partial charge in [-0.1, -0.05) is 32.3 Å². The molecule has 21 heavy (non-hydrogen) atoms. The van der Waals surface area contributed by atoms with Crippen molar-refractivity contribution in [1.82, 2.24) is 4.72 Å². The Kier molecular flexibility index (Phi) is 5.01. The molecule has 0 radical (unpaired) electrons. The van der Waals surface area contributed by atoms with E-state index in [2.05, 4.69) is 11.6 Å². The second-order valence-corrected chi connectivity index (χ2v) is 7.85. The lowest BCUT2D eigenvalue weighted by atomic mass is 9.76. The largest absolute Gasteiger partial charge is 0.326 e. The van der Waals surface area contributed by atoms with Gasteiger partial charge in [0, 0.05) is 18.7 Å². The van der Waals surface area contributed by atoms with E-state index >= 15 is 0 Å². The van der Waals surface area contributed by atoms with Gasteiger partial charge in [-0.15, -0.1) is 0 Å². The van der Waals surface area contributed by atoms with Crippen molar-refractivity contribution in [3.05, 3.63) is 29.6 Å². The molecule has 1 aromatic rings. The number of benzene rings is 1. The molecular weight excluding hydrogens is 291 g/mol. The van der Waals surface area contributed by atoms with E-state index in [1.165, 1.54) is 24.6 Å². The van der Waals surface area contributed by atoms with Crippen molar-refractivity contribution in [1.29, 1.82) is 0 Å². The first kappa shape index (κ1) is 16.4. The predicted octanol–water partition coefficient (Wildman–Crippen LogP) is 2.53. The molecule has 0 spiro atoms. The van der Waals surface area contributed by atoms with Crippen molar-refractivity contribution >= 4 is 10.0 Å². The van der Waals surface area contributed by atoms with Crippen LogP contribution in [-0.4, -0.2) is 15.0 Å². The molecule has 1 fully saturated rings. The molecule has 0 unspecified atom stereocenters. The van der Waals surface area contributed by atoms with Crippen LogP contribution in [0.1, 0.15) is 44.6 Å². The number of hydrogen-bond donors (Lipinski definition) is 2. The molecule has 0 atom stereocenters. The Morgan fingerprint density at radius 3 is 2.57 bits per heavy atom. The minimum atomic E-state index is -3.73. The maximum absolute atomic E-state index is 13.7. The molecule has 0 amide bonds. The molecule has 0 heterocycles. The van der Waals surface area contributed by atoms with Crippen molar-refractivity contribution in [2.24, 2.45) is 11.1 Å². The van der Waals surface area contributed by atoms with Crippen molar-refractivity contribution in [3.63, 3.8) is 0 Å². The van der Waals surface area contributed by atoms with Gasteiger partial charge in [0.2, 0.25) is 10.0 Å². The van der Waals surface area contributed by atoms with Gasteiger partial charge in [0.05, 0.1) is 4.90 Å². The van der Waals surface area contributed by atoms with Crippen LogP contribution in [0.4, 0.5) is 4.39 Å². The topological polar surface area (TPSA) is 72.2 Å². The highest BCUT2D eigenvalue weighted by atomic mass is 32.2. The molecule has 1 aliphatic rings. The fraction of sp³-hybridized carbons (Fsp3) is 0.600. The lowest BCUT2D eigenvalue weighted by Gasteiger charge is -2.33. The molecule has 4 nitrogen and oxygen atoms in total. The second-order valence-electron chi connectivity index (χ2n) is 6.12. The Morgan fingerprint density at radius 2 is 1.95 bits per heavy atom. The Labute approximate surface area is 126 Å². The number of nitrogens with one attached hydrogen (secondary N) is 1. The monoisotopic (exact) mass is 314 g/mol. The van der Waals surface area contributed by atoms with Crippen LogP contribution in [0.2, 0.25) is 0 Å². The summed E-state index contributed by atoms with van der Waals surface area (Å²) in [5.41, 5.74) is 5.51. The Balaban J connectivity index is 2.17. The predicted molar refractivity (Wildman–Crippen MR) is 80.7 cm³/mol. The van der Waals surface area contributed by atoms with Crippen molar-refractivity contribution in [2.45, 2.75) is 50.5 Å². The SMILES string of the molecule is CC1(CNS(=O)(=O)c2cccc(F)c2CN)CCCCC1. The van der Waals surface area contributed by atoms with Gasteiger partial charge >= 0.3 is 0 Å². The third kappa shape index (κ3) is 3.81. The molecule has 0 aromatic heterocycles. The Bertz CT molecular complexity index is 596. The summed E-state index contributed by atoms with van der Waals surface area (Å²) in [6.07, 6.45) is 5.51. The van der Waals surface area contributed by atoms with E-state index in [4.69, 9.17) is 5.73 Å². The smallest absolute Gasteiger partial charge is 0.241 e. The number of sulfonamides is 1. The van der Waals surface area contributed by atoms with Crippen LogP contribution in [-0.2, 0) is 16.6 Å². The summed E-state index contributed by atoms with van der Waals surface area (Å²) in [5.74, 6) is -0.579. The number of halogens is 1. The van der Waals surface area contributed by atoms with E-state index in [1.54, 1.807) is 0 Å². The summed E-state index contributed by atoms with van der Waals surface area (Å²) in [5, 5.41) is 0. The first-order valence-electron chi connectivity index (χ1n) is 7.35. The van der Waals surface area contributed by atoms with Gasteiger partial charge in [-0.25, -0.2) is 17.5 Å². The third-order valence-corrected chi connectivity index (χ3v) is 5.81. The van der Waals surface area contributed by atoms with Crippen LogP contribution < -0.4 is 10.5 Å². The highest BCUT2D eigenvalue weighted by Gasteiger charge is 2.29. The van der Waals surface area contributed by atoms with Crippen LogP contribution >= 0.6 is 0 Å². The average Bonchev–Trinajstić information content (AvgIpc) is 2.46. The maximum Gasteiger partial charge on any atom is 0.241 e.